The topological polar surface area (TPSA) is 109 Å². The van der Waals surface area contributed by atoms with Crippen molar-refractivity contribution in [2.24, 2.45) is 7.05 Å². The first-order valence-electron chi connectivity index (χ1n) is 8.35. The number of nitrogens with zero attached hydrogens (tertiary/aromatic N) is 2. The van der Waals surface area contributed by atoms with Gasteiger partial charge in [0.1, 0.15) is 17.0 Å². The molecule has 0 aliphatic rings. The van der Waals surface area contributed by atoms with E-state index in [9.17, 15) is 18.8 Å². The minimum absolute atomic E-state index is 0.142. The molecule has 8 nitrogen and oxygen atoms in total. The number of fused-ring (bicyclic) bond motifs is 1. The first-order valence-corrected chi connectivity index (χ1v) is 9.43. The smallest absolute Gasteiger partial charge is 0.262 e. The zero-order valence-corrected chi connectivity index (χ0v) is 17.3. The number of anilines is 2. The van der Waals surface area contributed by atoms with E-state index in [2.05, 4.69) is 20.6 Å². The lowest BCUT2D eigenvalue weighted by atomic mass is 10.2. The number of aryl methyl sites for hydroxylation is 1. The third-order valence-electron chi connectivity index (χ3n) is 4.07. The summed E-state index contributed by atoms with van der Waals surface area (Å²) in [6.45, 7) is 1.69. The summed E-state index contributed by atoms with van der Waals surface area (Å²) in [5.41, 5.74) is -0.384. The fraction of sp³-hybridized carbons (Fsp3) is 0.222. The van der Waals surface area contributed by atoms with Crippen LogP contribution >= 0.6 is 22.6 Å². The number of hydrogen-bond donors (Lipinski definition) is 3. The van der Waals surface area contributed by atoms with Gasteiger partial charge in [0.15, 0.2) is 5.65 Å². The number of benzene rings is 1. The maximum Gasteiger partial charge on any atom is 0.262 e. The van der Waals surface area contributed by atoms with Gasteiger partial charge in [-0.15, -0.1) is 0 Å². The van der Waals surface area contributed by atoms with Gasteiger partial charge < -0.3 is 15.6 Å². The van der Waals surface area contributed by atoms with E-state index >= 15 is 0 Å². The third-order valence-corrected chi connectivity index (χ3v) is 4.74. The second-order valence-corrected chi connectivity index (χ2v) is 7.39. The Morgan fingerprint density at radius 2 is 2.04 bits per heavy atom. The summed E-state index contributed by atoms with van der Waals surface area (Å²) in [6.07, 6.45) is 0.294. The molecule has 3 N–H and O–H groups in total. The fourth-order valence-electron chi connectivity index (χ4n) is 2.70. The molecule has 0 spiro atoms. The van der Waals surface area contributed by atoms with Gasteiger partial charge in [-0.2, -0.15) is 0 Å². The molecule has 2 heterocycles. The number of hydrogen-bond acceptors (Lipinski definition) is 5. The number of pyridine rings is 1. The normalized spacial score (nSPS) is 10.9. The predicted octanol–water partition coefficient (Wildman–Crippen LogP) is 1.79. The van der Waals surface area contributed by atoms with Crippen molar-refractivity contribution < 1.29 is 9.18 Å². The van der Waals surface area contributed by atoms with Crippen LogP contribution in [0.4, 0.5) is 15.8 Å². The Kier molecular flexibility index (Phi) is 5.77. The summed E-state index contributed by atoms with van der Waals surface area (Å²) in [7, 11) is 1.50. The van der Waals surface area contributed by atoms with Crippen molar-refractivity contribution in [1.82, 2.24) is 19.9 Å². The molecule has 1 aromatic carbocycles. The monoisotopic (exact) mass is 497 g/mol. The van der Waals surface area contributed by atoms with Crippen LogP contribution < -0.4 is 21.8 Å². The molecule has 1 amide bonds. The first-order chi connectivity index (χ1) is 13.3. The van der Waals surface area contributed by atoms with Gasteiger partial charge in [0.2, 0.25) is 5.91 Å². The van der Waals surface area contributed by atoms with Crippen LogP contribution in [0.3, 0.4) is 0 Å². The van der Waals surface area contributed by atoms with Gasteiger partial charge in [0.05, 0.1) is 11.4 Å². The van der Waals surface area contributed by atoms with Crippen molar-refractivity contribution >= 4 is 50.9 Å². The van der Waals surface area contributed by atoms with Crippen LogP contribution in [0.25, 0.3) is 11.0 Å². The second-order valence-electron chi connectivity index (χ2n) is 6.15. The molecule has 0 unspecified atom stereocenters. The molecule has 3 aromatic rings. The molecule has 28 heavy (non-hydrogen) atoms. The van der Waals surface area contributed by atoms with E-state index in [1.165, 1.54) is 36.7 Å². The molecular weight excluding hydrogens is 480 g/mol. The predicted molar refractivity (Wildman–Crippen MR) is 112 cm³/mol. The highest BCUT2D eigenvalue weighted by Gasteiger charge is 2.15. The number of H-pyrrole nitrogens is 1. The van der Waals surface area contributed by atoms with E-state index in [1.807, 2.05) is 22.6 Å². The molecule has 0 fully saturated rings. The van der Waals surface area contributed by atoms with Gasteiger partial charge in [0, 0.05) is 36.6 Å². The molecule has 10 heteroatoms. The number of amides is 1. The van der Waals surface area contributed by atoms with Gasteiger partial charge in [-0.1, -0.05) is 0 Å². The average molecular weight is 497 g/mol. The number of rotatable bonds is 5. The number of carbonyl (C=O) groups is 1. The van der Waals surface area contributed by atoms with Crippen LogP contribution in [0.15, 0.2) is 33.9 Å². The van der Waals surface area contributed by atoms with Crippen molar-refractivity contribution in [3.05, 3.63) is 60.2 Å². The molecule has 2 aromatic heterocycles. The molecule has 0 bridgehead atoms. The summed E-state index contributed by atoms with van der Waals surface area (Å²) in [4.78, 5) is 43.0. The van der Waals surface area contributed by atoms with Gasteiger partial charge in [0.25, 0.3) is 11.1 Å². The van der Waals surface area contributed by atoms with E-state index < -0.39 is 16.9 Å². The van der Waals surface area contributed by atoms with Gasteiger partial charge in [-0.25, -0.2) is 9.37 Å². The minimum Gasteiger partial charge on any atom is -0.356 e. The highest BCUT2D eigenvalue weighted by molar-refractivity contribution is 14.1. The van der Waals surface area contributed by atoms with Gasteiger partial charge in [-0.05, 0) is 40.8 Å². The number of aromatic amines is 1. The molecule has 0 atom stereocenters. The summed E-state index contributed by atoms with van der Waals surface area (Å²) in [5, 5.41) is 5.58. The van der Waals surface area contributed by atoms with Crippen molar-refractivity contribution in [3.8, 4) is 0 Å². The summed E-state index contributed by atoms with van der Waals surface area (Å²) >= 11 is 1.99. The van der Waals surface area contributed by atoms with Crippen LogP contribution in [0.1, 0.15) is 12.7 Å². The van der Waals surface area contributed by atoms with E-state index in [-0.39, 0.29) is 28.3 Å². The summed E-state index contributed by atoms with van der Waals surface area (Å²) in [6, 6.07) is 5.81. The second kappa shape index (κ2) is 8.09. The Hall–Kier alpha value is -2.76. The Morgan fingerprint density at radius 3 is 2.71 bits per heavy atom. The largest absolute Gasteiger partial charge is 0.356 e. The number of nitrogens with one attached hydrogen (secondary N) is 3. The maximum absolute atomic E-state index is 14.2. The van der Waals surface area contributed by atoms with E-state index in [0.717, 1.165) is 3.57 Å². The lowest BCUT2D eigenvalue weighted by Gasteiger charge is -2.13. The SMILES string of the molecule is CC(=O)NCCc1nc2c(c(Nc3ccc(I)cc3F)cc(=O)n2C)c(=O)[nH]1. The van der Waals surface area contributed by atoms with Crippen molar-refractivity contribution in [2.75, 3.05) is 11.9 Å². The van der Waals surface area contributed by atoms with E-state index in [0.29, 0.717) is 18.8 Å². The van der Waals surface area contributed by atoms with Crippen molar-refractivity contribution in [1.29, 1.82) is 0 Å². The van der Waals surface area contributed by atoms with Crippen LogP contribution in [-0.4, -0.2) is 27.0 Å². The summed E-state index contributed by atoms with van der Waals surface area (Å²) in [5.74, 6) is -0.363. The van der Waals surface area contributed by atoms with Gasteiger partial charge in [-0.3, -0.25) is 19.0 Å². The lowest BCUT2D eigenvalue weighted by molar-refractivity contribution is -0.118. The maximum atomic E-state index is 14.2. The molecule has 0 aliphatic carbocycles. The highest BCUT2D eigenvalue weighted by atomic mass is 127. The Balaban J connectivity index is 2.09. The Labute approximate surface area is 172 Å². The quantitative estimate of drug-likeness (QED) is 0.466. The van der Waals surface area contributed by atoms with E-state index in [4.69, 9.17) is 0 Å². The van der Waals surface area contributed by atoms with Crippen LogP contribution in [-0.2, 0) is 18.3 Å². The van der Waals surface area contributed by atoms with E-state index in [1.54, 1.807) is 6.07 Å². The molecule has 146 valence electrons. The molecular formula is C18H17FIN5O3. The molecule has 3 rings (SSSR count). The zero-order valence-electron chi connectivity index (χ0n) is 15.1. The van der Waals surface area contributed by atoms with Crippen LogP contribution in [0.5, 0.6) is 0 Å². The number of halogens is 2. The molecule has 0 saturated heterocycles. The highest BCUT2D eigenvalue weighted by Crippen LogP contribution is 2.24. The molecule has 0 radical (unpaired) electrons. The van der Waals surface area contributed by atoms with Crippen LogP contribution in [0.2, 0.25) is 0 Å². The zero-order chi connectivity index (χ0) is 20.4. The van der Waals surface area contributed by atoms with Crippen molar-refractivity contribution in [2.45, 2.75) is 13.3 Å². The van der Waals surface area contributed by atoms with Gasteiger partial charge >= 0.3 is 0 Å². The number of aromatic nitrogens is 3. The lowest BCUT2D eigenvalue weighted by Crippen LogP contribution is -2.26. The van der Waals surface area contributed by atoms with Crippen molar-refractivity contribution in [3.63, 3.8) is 0 Å². The Morgan fingerprint density at radius 1 is 1.29 bits per heavy atom. The summed E-state index contributed by atoms with van der Waals surface area (Å²) < 4.78 is 16.2. The standard InChI is InChI=1S/C18H17FIN5O3/c1-9(26)21-6-5-14-23-17-16(18(28)24-14)13(8-15(27)25(17)2)22-12-4-3-10(20)7-11(12)19/h3-4,7-8,22H,5-6H2,1-2H3,(H,21,26)(H,23,24,28). The Bertz CT molecular complexity index is 1190. The third kappa shape index (κ3) is 4.21. The molecule has 0 saturated carbocycles. The fourth-order valence-corrected chi connectivity index (χ4v) is 3.15. The van der Waals surface area contributed by atoms with Crippen LogP contribution in [0, 0.1) is 9.39 Å². The average Bonchev–Trinajstić information content (AvgIpc) is 2.61. The minimum atomic E-state index is -0.503. The first kappa shape index (κ1) is 20.0. The number of carbonyl (C=O) groups excluding carboxylic acids is 1. The molecule has 0 aliphatic heterocycles.